The SMILES string of the molecule is CC(C)(C)c1ccc(-c2cccc3c2c2ccccc2n3-c2ccccc2-c2ccc(N(c3ccc(-c4ccccc4)cc3)c3ccc4c(c3)C(C)(C)c3ccccc3-4)cc2)cc1. The van der Waals surface area contributed by atoms with Crippen molar-refractivity contribution in [3.8, 4) is 50.2 Å². The third kappa shape index (κ3) is 6.48. The zero-order valence-electron chi connectivity index (χ0n) is 36.6. The van der Waals surface area contributed by atoms with Gasteiger partial charge in [0.25, 0.3) is 0 Å². The fourth-order valence-electron chi connectivity index (χ4n) is 10.1. The maximum Gasteiger partial charge on any atom is 0.0547 e. The van der Waals surface area contributed by atoms with Crippen LogP contribution in [-0.2, 0) is 10.8 Å². The van der Waals surface area contributed by atoms with Crippen LogP contribution in [0.25, 0.3) is 72.0 Å². The van der Waals surface area contributed by atoms with Crippen molar-refractivity contribution in [3.63, 3.8) is 0 Å². The van der Waals surface area contributed by atoms with Crippen LogP contribution in [0, 0.1) is 0 Å². The molecule has 0 aliphatic heterocycles. The van der Waals surface area contributed by atoms with Gasteiger partial charge in [0.1, 0.15) is 0 Å². The summed E-state index contributed by atoms with van der Waals surface area (Å²) in [5.74, 6) is 0. The Labute approximate surface area is 371 Å². The van der Waals surface area contributed by atoms with Gasteiger partial charge in [0, 0.05) is 38.8 Å². The first-order chi connectivity index (χ1) is 30.6. The molecule has 0 atom stereocenters. The van der Waals surface area contributed by atoms with Crippen molar-refractivity contribution < 1.29 is 0 Å². The molecule has 1 aliphatic rings. The summed E-state index contributed by atoms with van der Waals surface area (Å²) in [6.07, 6.45) is 0. The number of rotatable bonds is 7. The van der Waals surface area contributed by atoms with Gasteiger partial charge in [-0.25, -0.2) is 0 Å². The van der Waals surface area contributed by atoms with Gasteiger partial charge in [0.2, 0.25) is 0 Å². The minimum Gasteiger partial charge on any atom is -0.310 e. The van der Waals surface area contributed by atoms with Crippen molar-refractivity contribution in [3.05, 3.63) is 229 Å². The van der Waals surface area contributed by atoms with Gasteiger partial charge in [0.05, 0.1) is 16.7 Å². The van der Waals surface area contributed by atoms with Gasteiger partial charge in [-0.05, 0) is 116 Å². The molecule has 0 N–H and O–H groups in total. The van der Waals surface area contributed by atoms with Gasteiger partial charge in [-0.1, -0.05) is 192 Å². The third-order valence-electron chi connectivity index (χ3n) is 13.4. The zero-order valence-corrected chi connectivity index (χ0v) is 36.6. The Morgan fingerprint density at radius 2 is 0.921 bits per heavy atom. The Morgan fingerprint density at radius 3 is 1.65 bits per heavy atom. The molecule has 0 bridgehead atoms. The van der Waals surface area contributed by atoms with Crippen LogP contribution in [0.4, 0.5) is 17.1 Å². The van der Waals surface area contributed by atoms with Crippen LogP contribution >= 0.6 is 0 Å². The molecular weight excluding hydrogens is 761 g/mol. The average Bonchev–Trinajstić information content (AvgIpc) is 3.78. The zero-order chi connectivity index (χ0) is 42.9. The highest BCUT2D eigenvalue weighted by Gasteiger charge is 2.35. The smallest absolute Gasteiger partial charge is 0.0547 e. The molecule has 0 amide bonds. The largest absolute Gasteiger partial charge is 0.310 e. The summed E-state index contributed by atoms with van der Waals surface area (Å²) in [5.41, 5.74) is 20.9. The number of hydrogen-bond donors (Lipinski definition) is 0. The fraction of sp³-hybridized carbons (Fsp3) is 0.115. The van der Waals surface area contributed by atoms with E-state index in [9.17, 15) is 0 Å². The first-order valence-corrected chi connectivity index (χ1v) is 22.2. The first kappa shape index (κ1) is 38.5. The topological polar surface area (TPSA) is 8.17 Å². The minimum atomic E-state index is -0.108. The molecule has 1 heterocycles. The van der Waals surface area contributed by atoms with Crippen molar-refractivity contribution >= 4 is 38.9 Å². The Hall–Kier alpha value is -7.42. The van der Waals surface area contributed by atoms with E-state index in [1.807, 2.05) is 0 Å². The molecule has 0 saturated heterocycles. The van der Waals surface area contributed by atoms with Crippen molar-refractivity contribution in [2.45, 2.75) is 45.4 Å². The number of benzene rings is 9. The molecular formula is C61H50N2. The summed E-state index contributed by atoms with van der Waals surface area (Å²) in [6, 6.07) is 78.3. The van der Waals surface area contributed by atoms with E-state index in [0.717, 1.165) is 22.7 Å². The molecule has 0 unspecified atom stereocenters. The number of aromatic nitrogens is 1. The summed E-state index contributed by atoms with van der Waals surface area (Å²) in [5, 5.41) is 2.53. The molecule has 0 fully saturated rings. The summed E-state index contributed by atoms with van der Waals surface area (Å²) >= 11 is 0. The number of anilines is 3. The van der Waals surface area contributed by atoms with Crippen LogP contribution < -0.4 is 4.90 Å². The van der Waals surface area contributed by atoms with Gasteiger partial charge >= 0.3 is 0 Å². The number of para-hydroxylation sites is 2. The van der Waals surface area contributed by atoms with Crippen molar-refractivity contribution in [2.75, 3.05) is 4.90 Å². The molecule has 2 heteroatoms. The average molecular weight is 811 g/mol. The standard InChI is InChI=1S/C61H50N2/c1-60(2,3)45-32-26-44(27-33-45)50-21-15-25-58-59(50)53-20-11-14-24-57(53)63(58)56-23-13-10-18-49(56)43-30-36-47(37-31-43)62(46-34-28-42(29-35-46)41-16-7-6-8-17-41)48-38-39-52-51-19-9-12-22-54(51)61(4,5)55(52)40-48/h6-40H,1-5H3. The van der Waals surface area contributed by atoms with E-state index in [4.69, 9.17) is 0 Å². The monoisotopic (exact) mass is 810 g/mol. The Bertz CT molecular complexity index is 3310. The molecule has 304 valence electrons. The van der Waals surface area contributed by atoms with E-state index < -0.39 is 0 Å². The second-order valence-electron chi connectivity index (χ2n) is 18.6. The molecule has 0 saturated carbocycles. The van der Waals surface area contributed by atoms with Gasteiger partial charge in [-0.15, -0.1) is 0 Å². The normalized spacial score (nSPS) is 13.0. The van der Waals surface area contributed by atoms with E-state index in [1.54, 1.807) is 0 Å². The highest BCUT2D eigenvalue weighted by Crippen LogP contribution is 2.51. The lowest BCUT2D eigenvalue weighted by atomic mass is 9.82. The lowest BCUT2D eigenvalue weighted by molar-refractivity contribution is 0.590. The fourth-order valence-corrected chi connectivity index (χ4v) is 10.1. The number of fused-ring (bicyclic) bond motifs is 6. The van der Waals surface area contributed by atoms with Crippen LogP contribution in [-0.4, -0.2) is 4.57 Å². The third-order valence-corrected chi connectivity index (χ3v) is 13.4. The van der Waals surface area contributed by atoms with E-state index in [-0.39, 0.29) is 10.8 Å². The summed E-state index contributed by atoms with van der Waals surface area (Å²) in [6.45, 7) is 11.5. The second-order valence-corrected chi connectivity index (χ2v) is 18.6. The molecule has 0 spiro atoms. The maximum atomic E-state index is 2.46. The predicted molar refractivity (Wildman–Crippen MR) is 268 cm³/mol. The molecule has 63 heavy (non-hydrogen) atoms. The Kier molecular flexibility index (Phi) is 9.10. The lowest BCUT2D eigenvalue weighted by Gasteiger charge is -2.28. The molecule has 11 rings (SSSR count). The van der Waals surface area contributed by atoms with Crippen molar-refractivity contribution in [1.29, 1.82) is 0 Å². The second kappa shape index (κ2) is 14.9. The lowest BCUT2D eigenvalue weighted by Crippen LogP contribution is -2.16. The predicted octanol–water partition coefficient (Wildman–Crippen LogP) is 16.9. The quantitative estimate of drug-likeness (QED) is 0.156. The van der Waals surface area contributed by atoms with Gasteiger partial charge in [-0.2, -0.15) is 0 Å². The van der Waals surface area contributed by atoms with Crippen LogP contribution in [0.3, 0.4) is 0 Å². The Balaban J connectivity index is 1.02. The summed E-state index contributed by atoms with van der Waals surface area (Å²) < 4.78 is 2.46. The highest BCUT2D eigenvalue weighted by molar-refractivity contribution is 6.16. The number of nitrogens with zero attached hydrogens (tertiary/aromatic N) is 2. The van der Waals surface area contributed by atoms with E-state index in [1.165, 1.54) is 83.0 Å². The van der Waals surface area contributed by atoms with Crippen LogP contribution in [0.5, 0.6) is 0 Å². The molecule has 1 aromatic heterocycles. The van der Waals surface area contributed by atoms with Crippen molar-refractivity contribution in [2.24, 2.45) is 0 Å². The number of hydrogen-bond acceptors (Lipinski definition) is 1. The van der Waals surface area contributed by atoms with Crippen molar-refractivity contribution in [1.82, 2.24) is 4.57 Å². The summed E-state index contributed by atoms with van der Waals surface area (Å²) in [7, 11) is 0. The van der Waals surface area contributed by atoms with Gasteiger partial charge in [0.15, 0.2) is 0 Å². The minimum absolute atomic E-state index is 0.0981. The van der Waals surface area contributed by atoms with E-state index >= 15 is 0 Å². The first-order valence-electron chi connectivity index (χ1n) is 22.2. The van der Waals surface area contributed by atoms with E-state index in [2.05, 4.69) is 256 Å². The van der Waals surface area contributed by atoms with Crippen LogP contribution in [0.1, 0.15) is 51.3 Å². The van der Waals surface area contributed by atoms with Gasteiger partial charge in [-0.3, -0.25) is 0 Å². The Morgan fingerprint density at radius 1 is 0.397 bits per heavy atom. The molecule has 9 aromatic carbocycles. The van der Waals surface area contributed by atoms with Crippen LogP contribution in [0.2, 0.25) is 0 Å². The van der Waals surface area contributed by atoms with Gasteiger partial charge < -0.3 is 9.47 Å². The summed E-state index contributed by atoms with van der Waals surface area (Å²) in [4.78, 5) is 2.41. The molecule has 1 aliphatic carbocycles. The maximum absolute atomic E-state index is 2.46. The highest BCUT2D eigenvalue weighted by atomic mass is 15.1. The molecule has 10 aromatic rings. The van der Waals surface area contributed by atoms with Crippen LogP contribution in [0.15, 0.2) is 212 Å². The molecule has 0 radical (unpaired) electrons. The van der Waals surface area contributed by atoms with E-state index in [0.29, 0.717) is 0 Å². The molecule has 2 nitrogen and oxygen atoms in total.